The van der Waals surface area contributed by atoms with Crippen LogP contribution in [0, 0.1) is 0 Å². The van der Waals surface area contributed by atoms with Gasteiger partial charge in [-0.2, -0.15) is 0 Å². The Morgan fingerprint density at radius 1 is 0.380 bits per heavy atom. The molecule has 0 rings (SSSR count). The summed E-state index contributed by atoms with van der Waals surface area (Å²) in [4.78, 5) is 23.5. The van der Waals surface area contributed by atoms with E-state index in [2.05, 4.69) is 79.9 Å². The number of likely N-dealkylation sites (N-methyl/N-ethyl adjacent to an activating group) is 1. The lowest BCUT2D eigenvalue weighted by atomic mass is 10.0. The van der Waals surface area contributed by atoms with Gasteiger partial charge in [0.05, 0.1) is 39.9 Å². The van der Waals surface area contributed by atoms with Crippen molar-refractivity contribution in [1.29, 1.82) is 0 Å². The molecule has 0 aromatic heterocycles. The van der Waals surface area contributed by atoms with E-state index in [1.165, 1.54) is 315 Å². The van der Waals surface area contributed by atoms with Crippen LogP contribution < -0.4 is 5.32 Å². The zero-order valence-electron chi connectivity index (χ0n) is 62.3. The largest absolute Gasteiger partial charge is 0.472 e. The summed E-state index contributed by atoms with van der Waals surface area (Å²) in [5, 5.41) is 14.2. The number of hydrogen-bond donors (Lipinski definition) is 3. The van der Waals surface area contributed by atoms with Crippen molar-refractivity contribution in [2.75, 3.05) is 40.9 Å². The molecule has 0 fully saturated rings. The number of hydrogen-bond acceptors (Lipinski definition) is 5. The average Bonchev–Trinajstić information content (AvgIpc) is 2.63. The molecule has 9 heteroatoms. The number of phosphoric ester groups is 1. The number of nitrogens with one attached hydrogen (secondary N) is 1. The Morgan fingerprint density at radius 2 is 0.652 bits per heavy atom. The minimum Gasteiger partial charge on any atom is -0.391 e. The number of rotatable bonds is 76. The van der Waals surface area contributed by atoms with Gasteiger partial charge in [0.25, 0.3) is 0 Å². The van der Waals surface area contributed by atoms with Gasteiger partial charge in [0, 0.05) is 6.42 Å². The van der Waals surface area contributed by atoms with E-state index in [1.807, 2.05) is 21.1 Å². The van der Waals surface area contributed by atoms with Crippen LogP contribution in [0.2, 0.25) is 0 Å². The normalized spacial score (nSPS) is 13.8. The maximum atomic E-state index is 13.1. The molecule has 8 nitrogen and oxygen atoms in total. The minimum absolute atomic E-state index is 0.0765. The molecular formula is C83H160N2O6P+. The lowest BCUT2D eigenvalue weighted by Crippen LogP contribution is -2.46. The zero-order chi connectivity index (χ0) is 66.9. The smallest absolute Gasteiger partial charge is 0.391 e. The fourth-order valence-electron chi connectivity index (χ4n) is 12.6. The number of allylic oxidation sites excluding steroid dienone is 10. The molecule has 0 radical (unpaired) electrons. The number of aliphatic hydroxyl groups is 1. The number of quaternary nitrogens is 1. The second kappa shape index (κ2) is 73.4. The highest BCUT2D eigenvalue weighted by molar-refractivity contribution is 7.47. The second-order valence-corrected chi connectivity index (χ2v) is 30.6. The highest BCUT2D eigenvalue weighted by atomic mass is 31.2. The lowest BCUT2D eigenvalue weighted by Gasteiger charge is -2.26. The number of carbonyl (C=O) groups excluding carboxylic acids is 1. The molecule has 0 aliphatic heterocycles. The Labute approximate surface area is 574 Å². The predicted molar refractivity (Wildman–Crippen MR) is 406 cm³/mol. The maximum absolute atomic E-state index is 13.1. The summed E-state index contributed by atoms with van der Waals surface area (Å²) >= 11 is 0. The number of unbranched alkanes of at least 4 members (excludes halogenated alkanes) is 53. The van der Waals surface area contributed by atoms with E-state index in [4.69, 9.17) is 9.05 Å². The molecule has 3 atom stereocenters. The van der Waals surface area contributed by atoms with Gasteiger partial charge in [-0.15, -0.1) is 0 Å². The summed E-state index contributed by atoms with van der Waals surface area (Å²) in [6.45, 7) is 4.84. The van der Waals surface area contributed by atoms with E-state index in [1.54, 1.807) is 0 Å². The van der Waals surface area contributed by atoms with Crippen molar-refractivity contribution < 1.29 is 32.9 Å². The van der Waals surface area contributed by atoms with Gasteiger partial charge in [-0.3, -0.25) is 13.8 Å². The van der Waals surface area contributed by atoms with Crippen molar-refractivity contribution >= 4 is 13.7 Å². The molecule has 0 spiro atoms. The third-order valence-electron chi connectivity index (χ3n) is 18.8. The highest BCUT2D eigenvalue weighted by Crippen LogP contribution is 2.43. The Bertz CT molecular complexity index is 1690. The monoisotopic (exact) mass is 1310 g/mol. The van der Waals surface area contributed by atoms with Crippen LogP contribution in [-0.2, 0) is 18.4 Å². The predicted octanol–water partition coefficient (Wildman–Crippen LogP) is 26.7. The Hall–Kier alpha value is -1.80. The topological polar surface area (TPSA) is 105 Å². The van der Waals surface area contributed by atoms with Crippen molar-refractivity contribution in [3.05, 3.63) is 60.8 Å². The van der Waals surface area contributed by atoms with Crippen LogP contribution in [0.4, 0.5) is 0 Å². The van der Waals surface area contributed by atoms with E-state index in [-0.39, 0.29) is 19.1 Å². The Balaban J connectivity index is 3.90. The fraction of sp³-hybridized carbons (Fsp3) is 0.867. The molecule has 0 saturated heterocycles. The average molecular weight is 1310 g/mol. The van der Waals surface area contributed by atoms with Gasteiger partial charge in [0.2, 0.25) is 5.91 Å². The van der Waals surface area contributed by atoms with Gasteiger partial charge in [-0.05, 0) is 57.8 Å². The third kappa shape index (κ3) is 75.6. The Morgan fingerprint density at radius 3 is 0.957 bits per heavy atom. The van der Waals surface area contributed by atoms with Crippen LogP contribution in [0.3, 0.4) is 0 Å². The van der Waals surface area contributed by atoms with Crippen LogP contribution in [0.1, 0.15) is 412 Å². The van der Waals surface area contributed by atoms with E-state index >= 15 is 0 Å². The lowest BCUT2D eigenvalue weighted by molar-refractivity contribution is -0.870. The summed E-state index contributed by atoms with van der Waals surface area (Å²) < 4.78 is 24.0. The first-order chi connectivity index (χ1) is 45.0. The van der Waals surface area contributed by atoms with Crippen molar-refractivity contribution in [2.24, 2.45) is 0 Å². The minimum atomic E-state index is -4.33. The number of phosphoric acid groups is 1. The third-order valence-corrected chi connectivity index (χ3v) is 19.8. The van der Waals surface area contributed by atoms with Gasteiger partial charge in [-0.25, -0.2) is 4.57 Å². The van der Waals surface area contributed by atoms with Crippen LogP contribution >= 0.6 is 7.82 Å². The molecule has 542 valence electrons. The van der Waals surface area contributed by atoms with Crippen molar-refractivity contribution in [3.63, 3.8) is 0 Å². The summed E-state index contributed by atoms with van der Waals surface area (Å²) in [6.07, 6.45) is 102. The Kier molecular flexibility index (Phi) is 72.0. The standard InChI is InChI=1S/C83H159N2O6P/c1-6-8-10-12-14-16-18-20-22-24-26-28-30-32-34-36-38-39-40-41-42-43-44-45-47-49-51-53-55-57-59-61-63-65-67-69-71-73-75-77-83(87)84-81(80-91-92(88,89)90-79-78-85(3,4)5)82(86)76-74-72-70-68-66-64-62-60-58-56-54-52-50-48-46-37-35-33-31-29-27-25-23-21-19-17-15-13-11-9-7-2/h8,10,14,16,20,22,26,28,32,34,81-82,86H,6-7,9,11-13,15,17-19,21,23-25,27,29-31,33,35-80H2,1-5H3,(H-,84,87,88,89)/p+1/b10-8-,16-14-,22-20-,28-26-,34-32-. The second-order valence-electron chi connectivity index (χ2n) is 29.1. The first-order valence-electron chi connectivity index (χ1n) is 40.7. The first-order valence-corrected chi connectivity index (χ1v) is 42.1. The molecule has 0 aromatic rings. The first kappa shape index (κ1) is 90.2. The molecular weight excluding hydrogens is 1150 g/mol. The fourth-order valence-corrected chi connectivity index (χ4v) is 13.3. The number of aliphatic hydroxyl groups excluding tert-OH is 1. The summed E-state index contributed by atoms with van der Waals surface area (Å²) in [5.41, 5.74) is 0. The molecule has 3 unspecified atom stereocenters. The van der Waals surface area contributed by atoms with Crippen LogP contribution in [0.5, 0.6) is 0 Å². The van der Waals surface area contributed by atoms with Crippen LogP contribution in [0.25, 0.3) is 0 Å². The van der Waals surface area contributed by atoms with Crippen molar-refractivity contribution in [1.82, 2.24) is 5.32 Å². The molecule has 0 aliphatic rings. The van der Waals surface area contributed by atoms with E-state index in [0.717, 1.165) is 70.6 Å². The van der Waals surface area contributed by atoms with Gasteiger partial charge < -0.3 is 19.8 Å². The van der Waals surface area contributed by atoms with Gasteiger partial charge >= 0.3 is 7.82 Å². The van der Waals surface area contributed by atoms with E-state index in [0.29, 0.717) is 23.9 Å². The molecule has 0 saturated carbocycles. The van der Waals surface area contributed by atoms with E-state index < -0.39 is 20.0 Å². The van der Waals surface area contributed by atoms with Crippen LogP contribution in [0.15, 0.2) is 60.8 Å². The molecule has 92 heavy (non-hydrogen) atoms. The number of carbonyl (C=O) groups is 1. The molecule has 0 aliphatic carbocycles. The van der Waals surface area contributed by atoms with Crippen molar-refractivity contribution in [3.8, 4) is 0 Å². The number of nitrogens with zero attached hydrogens (tertiary/aromatic N) is 1. The zero-order valence-corrected chi connectivity index (χ0v) is 63.2. The van der Waals surface area contributed by atoms with Crippen LogP contribution in [-0.4, -0.2) is 73.4 Å². The quantitative estimate of drug-likeness (QED) is 0.0243. The van der Waals surface area contributed by atoms with Gasteiger partial charge in [-0.1, -0.05) is 408 Å². The van der Waals surface area contributed by atoms with Crippen molar-refractivity contribution in [2.45, 2.75) is 424 Å². The maximum Gasteiger partial charge on any atom is 0.472 e. The summed E-state index contributed by atoms with van der Waals surface area (Å²) in [5.74, 6) is -0.135. The SMILES string of the molecule is CC/C=C\C/C=C\C/C=C\C/C=C\C/C=C\CCCCCCCCCCCCCCCCCCCCCCCCCC(=O)NC(COP(=O)(O)OCC[N+](C)(C)C)C(O)CCCCCCCCCCCCCCCCCCCCCCCCCCCCCCCCC. The molecule has 3 N–H and O–H groups in total. The highest BCUT2D eigenvalue weighted by Gasteiger charge is 2.28. The van der Waals surface area contributed by atoms with Gasteiger partial charge in [0.1, 0.15) is 13.2 Å². The summed E-state index contributed by atoms with van der Waals surface area (Å²) in [6, 6.07) is -0.762. The number of amides is 1. The molecule has 0 bridgehead atoms. The molecule has 0 aromatic carbocycles. The molecule has 1 amide bonds. The van der Waals surface area contributed by atoms with E-state index in [9.17, 15) is 19.4 Å². The molecule has 0 heterocycles. The van der Waals surface area contributed by atoms with Gasteiger partial charge in [0.15, 0.2) is 0 Å². The summed E-state index contributed by atoms with van der Waals surface area (Å²) in [7, 11) is 1.64.